The number of para-hydroxylation sites is 1. The summed E-state index contributed by atoms with van der Waals surface area (Å²) in [5.41, 5.74) is 2.32. The molecule has 0 aliphatic rings. The van der Waals surface area contributed by atoms with Crippen molar-refractivity contribution in [1.29, 1.82) is 0 Å². The van der Waals surface area contributed by atoms with Crippen molar-refractivity contribution in [3.05, 3.63) is 47.3 Å². The third-order valence-corrected chi connectivity index (χ3v) is 4.22. The number of aromatic amines is 1. The summed E-state index contributed by atoms with van der Waals surface area (Å²) < 4.78 is 5.92. The Labute approximate surface area is 149 Å². The fourth-order valence-corrected chi connectivity index (χ4v) is 2.54. The number of aryl methyl sites for hydroxylation is 1. The summed E-state index contributed by atoms with van der Waals surface area (Å²) in [6.45, 7) is 10.3. The maximum absolute atomic E-state index is 12.2. The number of aromatic nitrogens is 2. The molecule has 136 valence electrons. The van der Waals surface area contributed by atoms with Crippen LogP contribution in [-0.4, -0.2) is 47.2 Å². The predicted molar refractivity (Wildman–Crippen MR) is 98.9 cm³/mol. The Morgan fingerprint density at radius 1 is 1.24 bits per heavy atom. The van der Waals surface area contributed by atoms with Crippen LogP contribution in [0.25, 0.3) is 0 Å². The molecule has 1 amide bonds. The number of benzene rings is 1. The van der Waals surface area contributed by atoms with Gasteiger partial charge in [0.05, 0.1) is 0 Å². The van der Waals surface area contributed by atoms with Gasteiger partial charge in [0.2, 0.25) is 0 Å². The molecule has 1 aromatic heterocycles. The van der Waals surface area contributed by atoms with E-state index in [-0.39, 0.29) is 5.91 Å². The van der Waals surface area contributed by atoms with E-state index < -0.39 is 0 Å². The van der Waals surface area contributed by atoms with Crippen LogP contribution in [0.5, 0.6) is 5.75 Å². The Morgan fingerprint density at radius 2 is 2.00 bits per heavy atom. The summed E-state index contributed by atoms with van der Waals surface area (Å²) in [4.78, 5) is 14.5. The maximum Gasteiger partial charge on any atom is 0.272 e. The molecule has 25 heavy (non-hydrogen) atoms. The molecule has 0 spiro atoms. The van der Waals surface area contributed by atoms with Crippen LogP contribution in [0.15, 0.2) is 30.3 Å². The van der Waals surface area contributed by atoms with Gasteiger partial charge in [-0.1, -0.05) is 39.0 Å². The minimum absolute atomic E-state index is 0.186. The van der Waals surface area contributed by atoms with E-state index in [1.807, 2.05) is 31.2 Å². The van der Waals surface area contributed by atoms with E-state index >= 15 is 0 Å². The van der Waals surface area contributed by atoms with Crippen molar-refractivity contribution in [1.82, 2.24) is 20.4 Å². The highest BCUT2D eigenvalue weighted by Crippen LogP contribution is 2.18. The lowest BCUT2D eigenvalue weighted by Gasteiger charge is -2.19. The van der Waals surface area contributed by atoms with Crippen molar-refractivity contribution >= 4 is 5.91 Å². The largest absolute Gasteiger partial charge is 0.492 e. The van der Waals surface area contributed by atoms with Crippen molar-refractivity contribution < 1.29 is 9.53 Å². The third-order valence-electron chi connectivity index (χ3n) is 4.22. The fourth-order valence-electron chi connectivity index (χ4n) is 2.54. The van der Waals surface area contributed by atoms with E-state index in [0.717, 1.165) is 43.1 Å². The molecule has 1 heterocycles. The van der Waals surface area contributed by atoms with Gasteiger partial charge in [-0.05, 0) is 31.6 Å². The highest BCUT2D eigenvalue weighted by atomic mass is 16.5. The lowest BCUT2D eigenvalue weighted by Crippen LogP contribution is -2.28. The molecule has 1 aromatic carbocycles. The van der Waals surface area contributed by atoms with Crippen molar-refractivity contribution in [2.75, 3.05) is 26.2 Å². The van der Waals surface area contributed by atoms with Crippen LogP contribution < -0.4 is 10.1 Å². The lowest BCUT2D eigenvalue weighted by atomic mass is 10.2. The van der Waals surface area contributed by atoms with Gasteiger partial charge < -0.3 is 15.0 Å². The normalized spacial score (nSPS) is 10.9. The number of H-pyrrole nitrogens is 1. The molecular formula is C19H28N4O2. The number of hydrogen-bond acceptors (Lipinski definition) is 4. The number of nitrogens with one attached hydrogen (secondary N) is 2. The van der Waals surface area contributed by atoms with Gasteiger partial charge in [0.25, 0.3) is 5.91 Å². The number of nitrogens with zero attached hydrogens (tertiary/aromatic N) is 2. The summed E-state index contributed by atoms with van der Waals surface area (Å²) >= 11 is 0. The Bertz CT molecular complexity index is 665. The molecule has 0 saturated carbocycles. The molecule has 0 unspecified atom stereocenters. The van der Waals surface area contributed by atoms with E-state index in [9.17, 15) is 4.79 Å². The summed E-state index contributed by atoms with van der Waals surface area (Å²) in [5.74, 6) is 0.625. The number of hydrogen-bond donors (Lipinski definition) is 2. The van der Waals surface area contributed by atoms with Gasteiger partial charge in [0.15, 0.2) is 0 Å². The van der Waals surface area contributed by atoms with Crippen LogP contribution in [0.3, 0.4) is 0 Å². The minimum atomic E-state index is -0.186. The summed E-state index contributed by atoms with van der Waals surface area (Å²) in [7, 11) is 0. The highest BCUT2D eigenvalue weighted by Gasteiger charge is 2.11. The monoisotopic (exact) mass is 344 g/mol. The number of amides is 1. The summed E-state index contributed by atoms with van der Waals surface area (Å²) in [6.07, 6.45) is 0.823. The zero-order chi connectivity index (χ0) is 18.1. The van der Waals surface area contributed by atoms with E-state index in [4.69, 9.17) is 4.74 Å². The summed E-state index contributed by atoms with van der Waals surface area (Å²) in [6, 6.07) is 9.58. The molecule has 2 N–H and O–H groups in total. The molecule has 0 aliphatic carbocycles. The second-order valence-corrected chi connectivity index (χ2v) is 5.80. The van der Waals surface area contributed by atoms with Crippen molar-refractivity contribution in [2.24, 2.45) is 0 Å². The maximum atomic E-state index is 12.2. The number of carbonyl (C=O) groups is 1. The molecular weight excluding hydrogens is 316 g/mol. The van der Waals surface area contributed by atoms with Gasteiger partial charge >= 0.3 is 0 Å². The van der Waals surface area contributed by atoms with Gasteiger partial charge in [0, 0.05) is 24.3 Å². The summed E-state index contributed by atoms with van der Waals surface area (Å²) in [5, 5.41) is 9.79. The number of ether oxygens (including phenoxy) is 1. The molecule has 2 aromatic rings. The zero-order valence-electron chi connectivity index (χ0n) is 15.3. The third kappa shape index (κ3) is 5.60. The van der Waals surface area contributed by atoms with Gasteiger partial charge in [-0.15, -0.1) is 0 Å². The van der Waals surface area contributed by atoms with Crippen molar-refractivity contribution in [2.45, 2.75) is 33.7 Å². The molecule has 0 bridgehead atoms. The first-order valence-electron chi connectivity index (χ1n) is 8.93. The fraction of sp³-hybridized carbons (Fsp3) is 0.474. The van der Waals surface area contributed by atoms with E-state index in [0.29, 0.717) is 18.8 Å². The van der Waals surface area contributed by atoms with Gasteiger partial charge in [-0.3, -0.25) is 9.89 Å². The van der Waals surface area contributed by atoms with Gasteiger partial charge in [-0.2, -0.15) is 5.10 Å². The molecule has 0 atom stereocenters. The lowest BCUT2D eigenvalue weighted by molar-refractivity contribution is 0.0945. The van der Waals surface area contributed by atoms with Gasteiger partial charge in [-0.25, -0.2) is 0 Å². The van der Waals surface area contributed by atoms with Gasteiger partial charge in [0.1, 0.15) is 18.1 Å². The SMILES string of the molecule is CCc1cc(C(=O)NCc2ccccc2OCCN(CC)CC)n[nH]1. The second-order valence-electron chi connectivity index (χ2n) is 5.80. The van der Waals surface area contributed by atoms with Crippen molar-refractivity contribution in [3.8, 4) is 5.75 Å². The van der Waals surface area contributed by atoms with Crippen LogP contribution in [-0.2, 0) is 13.0 Å². The first kappa shape index (κ1) is 19.0. The molecule has 0 fully saturated rings. The quantitative estimate of drug-likeness (QED) is 0.695. The first-order chi connectivity index (χ1) is 12.2. The molecule has 0 radical (unpaired) electrons. The predicted octanol–water partition coefficient (Wildman–Crippen LogP) is 2.62. The first-order valence-corrected chi connectivity index (χ1v) is 8.93. The topological polar surface area (TPSA) is 70.2 Å². The number of likely N-dealkylation sites (N-methyl/N-ethyl adjacent to an activating group) is 1. The van der Waals surface area contributed by atoms with E-state index in [1.165, 1.54) is 0 Å². The van der Waals surface area contributed by atoms with Crippen LogP contribution in [0.4, 0.5) is 0 Å². The smallest absolute Gasteiger partial charge is 0.272 e. The molecule has 0 saturated heterocycles. The second kappa shape index (κ2) is 9.84. The van der Waals surface area contributed by atoms with Crippen molar-refractivity contribution in [3.63, 3.8) is 0 Å². The minimum Gasteiger partial charge on any atom is -0.492 e. The molecule has 2 rings (SSSR count). The molecule has 6 nitrogen and oxygen atoms in total. The Kier molecular flexibility index (Phi) is 7.47. The average molecular weight is 344 g/mol. The standard InChI is InChI=1S/C19H28N4O2/c1-4-16-13-17(22-21-16)19(24)20-14-15-9-7-8-10-18(15)25-12-11-23(5-2)6-3/h7-10,13H,4-6,11-12,14H2,1-3H3,(H,20,24)(H,21,22). The van der Waals surface area contributed by atoms with E-state index in [2.05, 4.69) is 34.3 Å². The number of carbonyl (C=O) groups excluding carboxylic acids is 1. The number of rotatable bonds is 10. The highest BCUT2D eigenvalue weighted by molar-refractivity contribution is 5.92. The Morgan fingerprint density at radius 3 is 2.68 bits per heavy atom. The van der Waals surface area contributed by atoms with Crippen LogP contribution in [0.1, 0.15) is 42.5 Å². The zero-order valence-corrected chi connectivity index (χ0v) is 15.3. The Hall–Kier alpha value is -2.34. The van der Waals surface area contributed by atoms with Crippen LogP contribution in [0.2, 0.25) is 0 Å². The van der Waals surface area contributed by atoms with Crippen LogP contribution in [0, 0.1) is 0 Å². The van der Waals surface area contributed by atoms with Crippen LogP contribution >= 0.6 is 0 Å². The molecule has 6 heteroatoms. The van der Waals surface area contributed by atoms with E-state index in [1.54, 1.807) is 6.07 Å². The average Bonchev–Trinajstić information content (AvgIpc) is 3.13. The Balaban J connectivity index is 1.90. The molecule has 0 aliphatic heterocycles.